The van der Waals surface area contributed by atoms with E-state index in [0.29, 0.717) is 32.6 Å². The molecule has 0 aromatic heterocycles. The van der Waals surface area contributed by atoms with Crippen LogP contribution >= 0.6 is 0 Å². The van der Waals surface area contributed by atoms with Crippen LogP contribution in [0.25, 0.3) is 0 Å². The summed E-state index contributed by atoms with van der Waals surface area (Å²) in [5.41, 5.74) is -1.06. The Kier molecular flexibility index (Phi) is 4.29. The van der Waals surface area contributed by atoms with Gasteiger partial charge in [0.1, 0.15) is 5.54 Å². The lowest BCUT2D eigenvalue weighted by atomic mass is 9.98. The molecule has 1 saturated carbocycles. The lowest BCUT2D eigenvalue weighted by molar-refractivity contribution is -0.144. The maximum Gasteiger partial charge on any atom is 0.329 e. The van der Waals surface area contributed by atoms with E-state index in [4.69, 9.17) is 4.74 Å². The van der Waals surface area contributed by atoms with Crippen molar-refractivity contribution >= 4 is 12.0 Å². The van der Waals surface area contributed by atoms with Crippen molar-refractivity contribution in [2.45, 2.75) is 50.6 Å². The Morgan fingerprint density at radius 3 is 2.68 bits per heavy atom. The third kappa shape index (κ3) is 2.83. The fourth-order valence-corrected chi connectivity index (χ4v) is 2.91. The summed E-state index contributed by atoms with van der Waals surface area (Å²) in [6, 6.07) is -0.222. The van der Waals surface area contributed by atoms with E-state index < -0.39 is 11.5 Å². The summed E-state index contributed by atoms with van der Waals surface area (Å²) in [7, 11) is 0. The Labute approximate surface area is 113 Å². The highest BCUT2D eigenvalue weighted by atomic mass is 16.5. The molecule has 0 aromatic rings. The van der Waals surface area contributed by atoms with Gasteiger partial charge in [0.15, 0.2) is 0 Å². The SMILES string of the molecule is CCC1COCCN1C(=O)NC1(C(=O)O)CCCC1. The van der Waals surface area contributed by atoms with Crippen LogP contribution in [0.5, 0.6) is 0 Å². The summed E-state index contributed by atoms with van der Waals surface area (Å²) >= 11 is 0. The number of urea groups is 1. The Morgan fingerprint density at radius 1 is 1.42 bits per heavy atom. The zero-order valence-electron chi connectivity index (χ0n) is 11.4. The molecule has 1 aliphatic carbocycles. The van der Waals surface area contributed by atoms with Crippen LogP contribution in [0.1, 0.15) is 39.0 Å². The third-order valence-corrected chi connectivity index (χ3v) is 4.17. The average Bonchev–Trinajstić information content (AvgIpc) is 2.88. The fraction of sp³-hybridized carbons (Fsp3) is 0.846. The number of nitrogens with one attached hydrogen (secondary N) is 1. The highest BCUT2D eigenvalue weighted by molar-refractivity contribution is 5.86. The van der Waals surface area contributed by atoms with Crippen molar-refractivity contribution in [2.75, 3.05) is 19.8 Å². The van der Waals surface area contributed by atoms with E-state index in [1.165, 1.54) is 0 Å². The van der Waals surface area contributed by atoms with Crippen molar-refractivity contribution in [1.29, 1.82) is 0 Å². The quantitative estimate of drug-likeness (QED) is 0.807. The van der Waals surface area contributed by atoms with Crippen LogP contribution in [-0.2, 0) is 9.53 Å². The summed E-state index contributed by atoms with van der Waals surface area (Å²) in [5.74, 6) is -0.917. The molecule has 19 heavy (non-hydrogen) atoms. The maximum absolute atomic E-state index is 12.3. The van der Waals surface area contributed by atoms with Crippen LogP contribution in [0.2, 0.25) is 0 Å². The number of nitrogens with zero attached hydrogens (tertiary/aromatic N) is 1. The topological polar surface area (TPSA) is 78.9 Å². The van der Waals surface area contributed by atoms with Gasteiger partial charge in [-0.2, -0.15) is 0 Å². The minimum Gasteiger partial charge on any atom is -0.480 e. The van der Waals surface area contributed by atoms with E-state index in [-0.39, 0.29) is 12.1 Å². The molecular formula is C13H22N2O4. The number of ether oxygens (including phenoxy) is 1. The van der Waals surface area contributed by atoms with Gasteiger partial charge in [-0.05, 0) is 19.3 Å². The van der Waals surface area contributed by atoms with E-state index >= 15 is 0 Å². The second-order valence-corrected chi connectivity index (χ2v) is 5.35. The van der Waals surface area contributed by atoms with Crippen LogP contribution < -0.4 is 5.32 Å². The largest absolute Gasteiger partial charge is 0.480 e. The number of carbonyl (C=O) groups is 2. The molecule has 1 heterocycles. The maximum atomic E-state index is 12.3. The van der Waals surface area contributed by atoms with Crippen molar-refractivity contribution in [3.8, 4) is 0 Å². The molecule has 0 aromatic carbocycles. The summed E-state index contributed by atoms with van der Waals surface area (Å²) < 4.78 is 5.36. The summed E-state index contributed by atoms with van der Waals surface area (Å²) in [6.07, 6.45) is 3.57. The summed E-state index contributed by atoms with van der Waals surface area (Å²) in [5, 5.41) is 12.1. The molecule has 2 amide bonds. The number of amides is 2. The number of hydrogen-bond acceptors (Lipinski definition) is 3. The molecule has 108 valence electrons. The van der Waals surface area contributed by atoms with Gasteiger partial charge >= 0.3 is 12.0 Å². The molecule has 1 atom stereocenters. The van der Waals surface area contributed by atoms with Gasteiger partial charge in [-0.15, -0.1) is 0 Å². The second kappa shape index (κ2) is 5.77. The van der Waals surface area contributed by atoms with Crippen molar-refractivity contribution in [3.05, 3.63) is 0 Å². The molecule has 6 nitrogen and oxygen atoms in total. The average molecular weight is 270 g/mol. The lowest BCUT2D eigenvalue weighted by Gasteiger charge is -2.37. The van der Waals surface area contributed by atoms with Gasteiger partial charge in [0.25, 0.3) is 0 Å². The first-order chi connectivity index (χ1) is 9.09. The molecule has 6 heteroatoms. The minimum absolute atomic E-state index is 0.0426. The molecule has 1 saturated heterocycles. The van der Waals surface area contributed by atoms with E-state index in [0.717, 1.165) is 19.3 Å². The Hall–Kier alpha value is -1.30. The smallest absolute Gasteiger partial charge is 0.329 e. The van der Waals surface area contributed by atoms with E-state index in [1.807, 2.05) is 6.92 Å². The standard InChI is InChI=1S/C13H22N2O4/c1-2-10-9-19-8-7-15(10)12(18)14-13(11(16)17)5-3-4-6-13/h10H,2-9H2,1H3,(H,14,18)(H,16,17). The monoisotopic (exact) mass is 270 g/mol. The number of carbonyl (C=O) groups excluding carboxylic acids is 1. The minimum atomic E-state index is -1.06. The molecule has 1 aliphatic heterocycles. The molecule has 0 spiro atoms. The number of rotatable bonds is 3. The lowest BCUT2D eigenvalue weighted by Crippen LogP contribution is -2.60. The van der Waals surface area contributed by atoms with Gasteiger partial charge in [-0.25, -0.2) is 9.59 Å². The molecule has 2 rings (SSSR count). The molecule has 2 aliphatic rings. The fourth-order valence-electron chi connectivity index (χ4n) is 2.91. The Bertz CT molecular complexity index is 353. The highest BCUT2D eigenvalue weighted by Gasteiger charge is 2.44. The van der Waals surface area contributed by atoms with Crippen LogP contribution in [0.3, 0.4) is 0 Å². The molecule has 2 N–H and O–H groups in total. The van der Waals surface area contributed by atoms with Gasteiger partial charge in [0.2, 0.25) is 0 Å². The summed E-state index contributed by atoms with van der Waals surface area (Å²) in [6.45, 7) is 3.58. The van der Waals surface area contributed by atoms with Gasteiger partial charge in [-0.1, -0.05) is 19.8 Å². The summed E-state index contributed by atoms with van der Waals surface area (Å²) in [4.78, 5) is 25.5. The van der Waals surface area contributed by atoms with E-state index in [9.17, 15) is 14.7 Å². The number of carboxylic acid groups (broad SMARTS) is 1. The van der Waals surface area contributed by atoms with E-state index in [2.05, 4.69) is 5.32 Å². The van der Waals surface area contributed by atoms with Crippen molar-refractivity contribution < 1.29 is 19.4 Å². The molecule has 2 fully saturated rings. The van der Waals surface area contributed by atoms with Crippen LogP contribution in [0, 0.1) is 0 Å². The first-order valence-corrected chi connectivity index (χ1v) is 6.99. The van der Waals surface area contributed by atoms with Crippen LogP contribution in [-0.4, -0.2) is 53.3 Å². The van der Waals surface area contributed by atoms with Gasteiger partial charge < -0.3 is 20.1 Å². The number of morpholine rings is 1. The molecule has 1 unspecified atom stereocenters. The third-order valence-electron chi connectivity index (χ3n) is 4.17. The first-order valence-electron chi connectivity index (χ1n) is 6.99. The predicted molar refractivity (Wildman–Crippen MR) is 69.0 cm³/mol. The second-order valence-electron chi connectivity index (χ2n) is 5.35. The molecule has 0 bridgehead atoms. The van der Waals surface area contributed by atoms with Crippen LogP contribution in [0.15, 0.2) is 0 Å². The van der Waals surface area contributed by atoms with Crippen molar-refractivity contribution in [1.82, 2.24) is 10.2 Å². The van der Waals surface area contributed by atoms with Crippen molar-refractivity contribution in [2.24, 2.45) is 0 Å². The van der Waals surface area contributed by atoms with Gasteiger partial charge in [0.05, 0.1) is 19.3 Å². The highest BCUT2D eigenvalue weighted by Crippen LogP contribution is 2.30. The number of hydrogen-bond donors (Lipinski definition) is 2. The zero-order valence-corrected chi connectivity index (χ0v) is 11.4. The first kappa shape index (κ1) is 14.1. The number of aliphatic carboxylic acids is 1. The molecular weight excluding hydrogens is 248 g/mol. The van der Waals surface area contributed by atoms with E-state index in [1.54, 1.807) is 4.90 Å². The van der Waals surface area contributed by atoms with Gasteiger partial charge in [-0.3, -0.25) is 0 Å². The predicted octanol–water partition coefficient (Wildman–Crippen LogP) is 1.20. The Morgan fingerprint density at radius 2 is 2.11 bits per heavy atom. The molecule has 0 radical (unpaired) electrons. The number of carboxylic acids is 1. The van der Waals surface area contributed by atoms with Gasteiger partial charge in [0, 0.05) is 6.54 Å². The zero-order chi connectivity index (χ0) is 13.9. The van der Waals surface area contributed by atoms with Crippen LogP contribution in [0.4, 0.5) is 4.79 Å². The normalized spacial score (nSPS) is 26.2. The van der Waals surface area contributed by atoms with Crippen molar-refractivity contribution in [3.63, 3.8) is 0 Å². The Balaban J connectivity index is 2.04.